The zero-order valence-electron chi connectivity index (χ0n) is 41.3. The van der Waals surface area contributed by atoms with Crippen LogP contribution >= 0.6 is 0 Å². The molecular formula is C64H59IrN3O-2. The van der Waals surface area contributed by atoms with E-state index in [2.05, 4.69) is 224 Å². The molecule has 0 bridgehead atoms. The minimum Gasteiger partial charge on any atom is -0.500 e. The number of hydrogen-bond donors (Lipinski definition) is 0. The SMILES string of the molecule is CC(C)(C)c1ccnc(-c2[c-]cccc2)c1.CC(C)c1cc(-c2ccccc2)cc(C(C)C)c1-n1c(-c2[c-]cc(C(C)(C)C)c3c2oc2c4ccc5ccccc5c4ccc23)nc2ccccc21.[Ir]. The summed E-state index contributed by atoms with van der Waals surface area (Å²) >= 11 is 0. The van der Waals surface area contributed by atoms with Crippen molar-refractivity contribution in [2.24, 2.45) is 0 Å². The molecule has 347 valence electrons. The van der Waals surface area contributed by atoms with Gasteiger partial charge >= 0.3 is 0 Å². The molecule has 69 heavy (non-hydrogen) atoms. The van der Waals surface area contributed by atoms with Crippen LogP contribution in [0.4, 0.5) is 0 Å². The molecule has 3 aromatic heterocycles. The number of hydrogen-bond acceptors (Lipinski definition) is 3. The minimum absolute atomic E-state index is 0. The Kier molecular flexibility index (Phi) is 12.8. The number of fused-ring (bicyclic) bond motifs is 8. The molecule has 0 saturated carbocycles. The van der Waals surface area contributed by atoms with Crippen LogP contribution in [0.5, 0.6) is 0 Å². The molecule has 4 nitrogen and oxygen atoms in total. The van der Waals surface area contributed by atoms with E-state index in [4.69, 9.17) is 9.40 Å². The molecule has 0 aliphatic carbocycles. The number of rotatable bonds is 6. The smallest absolute Gasteiger partial charge is 0.128 e. The zero-order valence-corrected chi connectivity index (χ0v) is 43.7. The fourth-order valence-corrected chi connectivity index (χ4v) is 9.76. The first-order valence-electron chi connectivity index (χ1n) is 24.0. The summed E-state index contributed by atoms with van der Waals surface area (Å²) in [5.74, 6) is 1.38. The molecule has 8 aromatic carbocycles. The molecular weight excluding hydrogens is 1020 g/mol. The Labute approximate surface area is 420 Å². The Morgan fingerprint density at radius 3 is 1.94 bits per heavy atom. The van der Waals surface area contributed by atoms with E-state index in [0.29, 0.717) is 0 Å². The zero-order chi connectivity index (χ0) is 47.5. The molecule has 0 fully saturated rings. The summed E-state index contributed by atoms with van der Waals surface area (Å²) < 4.78 is 9.57. The average Bonchev–Trinajstić information content (AvgIpc) is 3.93. The number of para-hydroxylation sites is 2. The van der Waals surface area contributed by atoms with Gasteiger partial charge in [-0.3, -0.25) is 4.98 Å². The summed E-state index contributed by atoms with van der Waals surface area (Å²) in [6.45, 7) is 22.6. The quantitative estimate of drug-likeness (QED) is 0.123. The fraction of sp³-hybridized carbons (Fsp3) is 0.219. The van der Waals surface area contributed by atoms with Crippen LogP contribution in [-0.4, -0.2) is 14.5 Å². The third-order valence-electron chi connectivity index (χ3n) is 13.4. The number of imidazole rings is 1. The van der Waals surface area contributed by atoms with Crippen molar-refractivity contribution in [1.29, 1.82) is 0 Å². The molecule has 11 aromatic rings. The maximum atomic E-state index is 7.17. The molecule has 0 amide bonds. The van der Waals surface area contributed by atoms with E-state index in [1.807, 2.05) is 30.5 Å². The number of benzene rings is 8. The first kappa shape index (κ1) is 47.4. The summed E-state index contributed by atoms with van der Waals surface area (Å²) in [6, 6.07) is 62.9. The molecule has 1 radical (unpaired) electrons. The van der Waals surface area contributed by atoms with Crippen molar-refractivity contribution in [2.45, 2.75) is 91.9 Å². The van der Waals surface area contributed by atoms with Crippen LogP contribution in [0, 0.1) is 12.1 Å². The second-order valence-corrected chi connectivity index (χ2v) is 20.9. The van der Waals surface area contributed by atoms with E-state index >= 15 is 0 Å². The van der Waals surface area contributed by atoms with Gasteiger partial charge in [0.05, 0.1) is 22.4 Å². The summed E-state index contributed by atoms with van der Waals surface area (Å²) in [5, 5.41) is 7.03. The van der Waals surface area contributed by atoms with E-state index in [1.165, 1.54) is 55.2 Å². The first-order valence-corrected chi connectivity index (χ1v) is 24.0. The van der Waals surface area contributed by atoms with Gasteiger partial charge in [-0.2, -0.15) is 0 Å². The molecule has 0 aliphatic heterocycles. The predicted molar refractivity (Wildman–Crippen MR) is 287 cm³/mol. The van der Waals surface area contributed by atoms with Crippen LogP contribution in [-0.2, 0) is 30.9 Å². The van der Waals surface area contributed by atoms with Gasteiger partial charge in [0.25, 0.3) is 0 Å². The Morgan fingerprint density at radius 2 is 1.25 bits per heavy atom. The normalized spacial score (nSPS) is 12.1. The van der Waals surface area contributed by atoms with Crippen molar-refractivity contribution in [1.82, 2.24) is 14.5 Å². The maximum absolute atomic E-state index is 7.17. The molecule has 0 spiro atoms. The van der Waals surface area contributed by atoms with Crippen LogP contribution < -0.4 is 0 Å². The number of furan rings is 1. The monoisotopic (exact) mass is 1080 g/mol. The van der Waals surface area contributed by atoms with Crippen molar-refractivity contribution in [3.8, 4) is 39.5 Å². The number of nitrogens with zero attached hydrogens (tertiary/aromatic N) is 3. The third-order valence-corrected chi connectivity index (χ3v) is 13.4. The van der Waals surface area contributed by atoms with E-state index in [0.717, 1.165) is 61.0 Å². The molecule has 0 unspecified atom stereocenters. The van der Waals surface area contributed by atoms with Gasteiger partial charge in [0, 0.05) is 42.8 Å². The van der Waals surface area contributed by atoms with Crippen LogP contribution in [0.15, 0.2) is 168 Å². The Morgan fingerprint density at radius 1 is 0.580 bits per heavy atom. The summed E-state index contributed by atoms with van der Waals surface area (Å²) in [4.78, 5) is 9.82. The van der Waals surface area contributed by atoms with Crippen molar-refractivity contribution in [3.63, 3.8) is 0 Å². The minimum atomic E-state index is -0.133. The van der Waals surface area contributed by atoms with Gasteiger partial charge in [-0.1, -0.05) is 177 Å². The van der Waals surface area contributed by atoms with Gasteiger partial charge in [-0.05, 0) is 103 Å². The second-order valence-electron chi connectivity index (χ2n) is 20.9. The number of aromatic nitrogens is 3. The van der Waals surface area contributed by atoms with E-state index < -0.39 is 0 Å². The third kappa shape index (κ3) is 8.84. The van der Waals surface area contributed by atoms with Gasteiger partial charge in [0.2, 0.25) is 0 Å². The maximum Gasteiger partial charge on any atom is 0.128 e. The van der Waals surface area contributed by atoms with Crippen molar-refractivity contribution < 1.29 is 24.5 Å². The molecule has 3 heterocycles. The van der Waals surface area contributed by atoms with E-state index in [-0.39, 0.29) is 42.8 Å². The van der Waals surface area contributed by atoms with Gasteiger partial charge in [-0.25, -0.2) is 0 Å². The van der Waals surface area contributed by atoms with Gasteiger partial charge in [0.1, 0.15) is 5.58 Å². The Bertz CT molecular complexity index is 3610. The van der Waals surface area contributed by atoms with Crippen molar-refractivity contribution in [3.05, 3.63) is 198 Å². The molecule has 0 N–H and O–H groups in total. The van der Waals surface area contributed by atoms with Gasteiger partial charge < -0.3 is 14.0 Å². The fourth-order valence-electron chi connectivity index (χ4n) is 9.76. The van der Waals surface area contributed by atoms with Gasteiger partial charge in [-0.15, -0.1) is 53.6 Å². The van der Waals surface area contributed by atoms with Crippen molar-refractivity contribution in [2.75, 3.05) is 0 Å². The largest absolute Gasteiger partial charge is 0.500 e. The molecule has 0 aliphatic rings. The number of pyridine rings is 1. The summed E-state index contributed by atoms with van der Waals surface area (Å²) in [6.07, 6.45) is 1.87. The summed E-state index contributed by atoms with van der Waals surface area (Å²) in [7, 11) is 0. The van der Waals surface area contributed by atoms with Crippen LogP contribution in [0.3, 0.4) is 0 Å². The molecule has 0 atom stereocenters. The second kappa shape index (κ2) is 18.7. The standard InChI is InChI=1S/C49H43N2O.C15H16N.Ir/c1-29(2)39-27-33(31-15-9-8-10-16-31)28-40(30(3)4)45(39)51-43-20-14-13-19-42(43)50-48(51)38-25-26-41(49(5,6)7)44-37-24-23-35-34-18-12-11-17-32(34)21-22-36(35)46(37)52-47(38)44;1-15(2,3)13-9-10-16-14(11-13)12-7-5-4-6-8-12;/h8-24,26-30H,1-7H3;4-7,9-11H,1-3H3;/q2*-1;. The first-order chi connectivity index (χ1) is 32.7. The molecule has 11 rings (SSSR count). The molecule has 0 saturated heterocycles. The molecule has 5 heteroatoms. The topological polar surface area (TPSA) is 43.9 Å². The van der Waals surface area contributed by atoms with E-state index in [9.17, 15) is 0 Å². The Balaban J connectivity index is 0.000000296. The average molecular weight is 1080 g/mol. The van der Waals surface area contributed by atoms with Crippen LogP contribution in [0.25, 0.3) is 94.0 Å². The van der Waals surface area contributed by atoms with E-state index in [1.54, 1.807) is 0 Å². The van der Waals surface area contributed by atoms with Crippen LogP contribution in [0.2, 0.25) is 0 Å². The van der Waals surface area contributed by atoms with Crippen LogP contribution in [0.1, 0.15) is 103 Å². The predicted octanol–water partition coefficient (Wildman–Crippen LogP) is 17.8. The Hall–Kier alpha value is -6.65. The van der Waals surface area contributed by atoms with Gasteiger partial charge in [0.15, 0.2) is 0 Å². The van der Waals surface area contributed by atoms with Crippen molar-refractivity contribution >= 4 is 54.5 Å². The summed E-state index contributed by atoms with van der Waals surface area (Å²) in [5.41, 5.74) is 15.5.